The van der Waals surface area contributed by atoms with Gasteiger partial charge in [-0.15, -0.1) is 0 Å². The number of para-hydroxylation sites is 2. The Bertz CT molecular complexity index is 854. The summed E-state index contributed by atoms with van der Waals surface area (Å²) in [4.78, 5) is 20.0. The van der Waals surface area contributed by atoms with Gasteiger partial charge < -0.3 is 4.84 Å². The fourth-order valence-electron chi connectivity index (χ4n) is 2.09. The van der Waals surface area contributed by atoms with Gasteiger partial charge in [-0.1, -0.05) is 23.7 Å². The first-order valence-corrected chi connectivity index (χ1v) is 7.28. The highest BCUT2D eigenvalue weighted by molar-refractivity contribution is 6.30. The van der Waals surface area contributed by atoms with Crippen LogP contribution in [-0.2, 0) is 6.54 Å². The first kappa shape index (κ1) is 15.8. The lowest BCUT2D eigenvalue weighted by atomic mass is 10.2. The maximum absolute atomic E-state index is 11.0. The molecule has 0 bridgehead atoms. The molecule has 0 fully saturated rings. The molecule has 122 valence electrons. The Morgan fingerprint density at radius 2 is 2.12 bits per heavy atom. The summed E-state index contributed by atoms with van der Waals surface area (Å²) in [6, 6.07) is 11.3. The fraction of sp³-hybridized carbons (Fsp3) is 0.0667. The maximum atomic E-state index is 11.0. The number of nitro groups is 1. The zero-order valence-corrected chi connectivity index (χ0v) is 13.1. The number of nitrogens with zero attached hydrogens (tertiary/aromatic N) is 4. The van der Waals surface area contributed by atoms with Crippen LogP contribution >= 0.6 is 11.6 Å². The highest BCUT2D eigenvalue weighted by atomic mass is 35.5. The van der Waals surface area contributed by atoms with E-state index in [4.69, 9.17) is 16.4 Å². The minimum Gasteiger partial charge on any atom is -0.382 e. The van der Waals surface area contributed by atoms with E-state index in [0.29, 0.717) is 17.3 Å². The second kappa shape index (κ2) is 6.97. The van der Waals surface area contributed by atoms with Crippen molar-refractivity contribution in [3.8, 4) is 5.75 Å². The van der Waals surface area contributed by atoms with E-state index in [9.17, 15) is 10.1 Å². The Hall–Kier alpha value is -3.13. The number of aromatic nitrogens is 3. The predicted molar refractivity (Wildman–Crippen MR) is 87.9 cm³/mol. The lowest BCUT2D eigenvalue weighted by Gasteiger charge is -2.13. The van der Waals surface area contributed by atoms with Crippen molar-refractivity contribution in [1.82, 2.24) is 14.8 Å². The molecule has 3 rings (SSSR count). The third-order valence-corrected chi connectivity index (χ3v) is 3.43. The summed E-state index contributed by atoms with van der Waals surface area (Å²) in [5, 5.41) is 15.6. The molecule has 0 saturated carbocycles. The molecule has 0 unspecified atom stereocenters. The van der Waals surface area contributed by atoms with E-state index in [1.54, 1.807) is 47.4 Å². The molecule has 0 spiro atoms. The Morgan fingerprint density at radius 3 is 2.88 bits per heavy atom. The second-order valence-electron chi connectivity index (χ2n) is 4.82. The van der Waals surface area contributed by atoms with Gasteiger partial charge in [0.15, 0.2) is 5.75 Å². The Morgan fingerprint density at radius 1 is 1.29 bits per heavy atom. The zero-order chi connectivity index (χ0) is 16.9. The van der Waals surface area contributed by atoms with Crippen LogP contribution in [0.15, 0.2) is 55.1 Å². The van der Waals surface area contributed by atoms with E-state index in [2.05, 4.69) is 15.6 Å². The van der Waals surface area contributed by atoms with Gasteiger partial charge in [-0.25, -0.2) is 15.1 Å². The van der Waals surface area contributed by atoms with Gasteiger partial charge in [-0.3, -0.25) is 10.1 Å². The number of hydrogen-bond donors (Lipinski definition) is 1. The number of benzene rings is 2. The standard InChI is InChI=1S/C15H12ClN5O3/c16-12-5-6-15(11(7-12)8-20-10-17-9-18-20)24-19-13-3-1-2-4-14(13)21(22)23/h1-7,9-10,19H,8H2. The molecule has 0 atom stereocenters. The van der Waals surface area contributed by atoms with Crippen LogP contribution in [-0.4, -0.2) is 19.7 Å². The van der Waals surface area contributed by atoms with Crippen molar-refractivity contribution in [2.24, 2.45) is 0 Å². The number of nitrogens with one attached hydrogen (secondary N) is 1. The molecule has 2 aromatic carbocycles. The van der Waals surface area contributed by atoms with Crippen molar-refractivity contribution in [1.29, 1.82) is 0 Å². The normalized spacial score (nSPS) is 10.4. The molecule has 1 N–H and O–H groups in total. The molecule has 0 amide bonds. The molecular formula is C15H12ClN5O3. The maximum Gasteiger partial charge on any atom is 0.295 e. The van der Waals surface area contributed by atoms with E-state index in [1.165, 1.54) is 12.4 Å². The van der Waals surface area contributed by atoms with Crippen molar-refractivity contribution in [2.75, 3.05) is 5.48 Å². The number of nitro benzene ring substituents is 1. The largest absolute Gasteiger partial charge is 0.382 e. The molecule has 8 nitrogen and oxygen atoms in total. The quantitative estimate of drug-likeness (QED) is 0.544. The van der Waals surface area contributed by atoms with Crippen LogP contribution in [0.4, 0.5) is 11.4 Å². The van der Waals surface area contributed by atoms with E-state index in [0.717, 1.165) is 5.56 Å². The van der Waals surface area contributed by atoms with Crippen LogP contribution < -0.4 is 10.3 Å². The minimum atomic E-state index is -0.482. The minimum absolute atomic E-state index is 0.0794. The average Bonchev–Trinajstić information content (AvgIpc) is 3.07. The van der Waals surface area contributed by atoms with Crippen LogP contribution in [0.1, 0.15) is 5.56 Å². The number of hydrogen-bond acceptors (Lipinski definition) is 6. The summed E-state index contributed by atoms with van der Waals surface area (Å²) in [6.45, 7) is 0.397. The predicted octanol–water partition coefficient (Wildman–Crippen LogP) is 3.29. The first-order chi connectivity index (χ1) is 11.6. The Balaban J connectivity index is 1.82. The molecule has 0 radical (unpaired) electrons. The van der Waals surface area contributed by atoms with Gasteiger partial charge in [-0.2, -0.15) is 5.10 Å². The van der Waals surface area contributed by atoms with Crippen molar-refractivity contribution in [3.05, 3.63) is 75.8 Å². The van der Waals surface area contributed by atoms with Gasteiger partial charge in [0.05, 0.1) is 11.5 Å². The van der Waals surface area contributed by atoms with Crippen LogP contribution in [0, 0.1) is 10.1 Å². The fourth-order valence-corrected chi connectivity index (χ4v) is 2.28. The third kappa shape index (κ3) is 3.61. The molecule has 9 heteroatoms. The van der Waals surface area contributed by atoms with Crippen molar-refractivity contribution >= 4 is 23.0 Å². The highest BCUT2D eigenvalue weighted by Gasteiger charge is 2.14. The molecule has 0 aliphatic rings. The Labute approximate surface area is 141 Å². The lowest BCUT2D eigenvalue weighted by Crippen LogP contribution is -2.10. The summed E-state index contributed by atoms with van der Waals surface area (Å²) in [5.41, 5.74) is 3.54. The van der Waals surface area contributed by atoms with Gasteiger partial charge in [0.25, 0.3) is 5.69 Å². The topological polar surface area (TPSA) is 95.1 Å². The van der Waals surface area contributed by atoms with Crippen LogP contribution in [0.2, 0.25) is 5.02 Å². The summed E-state index contributed by atoms with van der Waals surface area (Å²) in [7, 11) is 0. The summed E-state index contributed by atoms with van der Waals surface area (Å²) >= 11 is 6.03. The number of rotatable bonds is 6. The lowest BCUT2D eigenvalue weighted by molar-refractivity contribution is -0.384. The number of halogens is 1. The zero-order valence-electron chi connectivity index (χ0n) is 12.3. The van der Waals surface area contributed by atoms with Crippen LogP contribution in [0.25, 0.3) is 0 Å². The van der Waals surface area contributed by atoms with Crippen molar-refractivity contribution in [2.45, 2.75) is 6.54 Å². The van der Waals surface area contributed by atoms with Crippen LogP contribution in [0.3, 0.4) is 0 Å². The smallest absolute Gasteiger partial charge is 0.295 e. The molecule has 24 heavy (non-hydrogen) atoms. The van der Waals surface area contributed by atoms with E-state index < -0.39 is 4.92 Å². The highest BCUT2D eigenvalue weighted by Crippen LogP contribution is 2.27. The molecule has 1 heterocycles. The average molecular weight is 346 g/mol. The van der Waals surface area contributed by atoms with Crippen molar-refractivity contribution < 1.29 is 9.76 Å². The monoisotopic (exact) mass is 345 g/mol. The van der Waals surface area contributed by atoms with Gasteiger partial charge in [0.1, 0.15) is 18.3 Å². The number of anilines is 1. The first-order valence-electron chi connectivity index (χ1n) is 6.90. The Kier molecular flexibility index (Phi) is 4.57. The van der Waals surface area contributed by atoms with Gasteiger partial charge in [-0.05, 0) is 24.3 Å². The third-order valence-electron chi connectivity index (χ3n) is 3.19. The van der Waals surface area contributed by atoms with Gasteiger partial charge in [0, 0.05) is 16.7 Å². The van der Waals surface area contributed by atoms with Crippen molar-refractivity contribution in [3.63, 3.8) is 0 Å². The SMILES string of the molecule is O=[N+]([O-])c1ccccc1NOc1ccc(Cl)cc1Cn1cncn1. The molecule has 0 aliphatic carbocycles. The molecule has 3 aromatic rings. The molecule has 0 aliphatic heterocycles. The molecule has 0 saturated heterocycles. The molecular weight excluding hydrogens is 334 g/mol. The summed E-state index contributed by atoms with van der Waals surface area (Å²) in [6.07, 6.45) is 3.00. The second-order valence-corrected chi connectivity index (χ2v) is 5.26. The van der Waals surface area contributed by atoms with Gasteiger partial charge >= 0.3 is 0 Å². The van der Waals surface area contributed by atoms with E-state index in [-0.39, 0.29) is 11.4 Å². The van der Waals surface area contributed by atoms with E-state index in [1.807, 2.05) is 0 Å². The summed E-state index contributed by atoms with van der Waals surface area (Å²) < 4.78 is 1.61. The van der Waals surface area contributed by atoms with E-state index >= 15 is 0 Å². The van der Waals surface area contributed by atoms with Gasteiger partial charge in [0.2, 0.25) is 0 Å². The van der Waals surface area contributed by atoms with Crippen LogP contribution in [0.5, 0.6) is 5.75 Å². The summed E-state index contributed by atoms with van der Waals surface area (Å²) in [5.74, 6) is 0.480. The molecule has 1 aromatic heterocycles.